The number of halogens is 1. The molecule has 0 aliphatic rings. The second-order valence-electron chi connectivity index (χ2n) is 6.03. The van der Waals surface area contributed by atoms with Crippen molar-refractivity contribution in [1.29, 1.82) is 0 Å². The van der Waals surface area contributed by atoms with E-state index in [2.05, 4.69) is 36.3 Å². The van der Waals surface area contributed by atoms with E-state index < -0.39 is 11.7 Å². The predicted octanol–water partition coefficient (Wildman–Crippen LogP) is 2.78. The number of amides is 1. The maximum Gasteiger partial charge on any atom is 0.258 e. The van der Waals surface area contributed by atoms with Crippen molar-refractivity contribution >= 4 is 5.91 Å². The molecule has 2 N–H and O–H groups in total. The summed E-state index contributed by atoms with van der Waals surface area (Å²) in [7, 11) is 1.40. The Balaban J connectivity index is 2.09. The Labute approximate surface area is 128 Å². The first-order valence-electron chi connectivity index (χ1n) is 6.98. The molecule has 22 heavy (non-hydrogen) atoms. The number of methoxy groups -OCH3 is 1. The van der Waals surface area contributed by atoms with E-state index in [0.29, 0.717) is 0 Å². The van der Waals surface area contributed by atoms with E-state index in [9.17, 15) is 9.18 Å². The number of rotatable bonds is 4. The molecule has 1 aromatic heterocycles. The lowest BCUT2D eigenvalue weighted by molar-refractivity contribution is 0.0943. The molecule has 2 rings (SSSR count). The summed E-state index contributed by atoms with van der Waals surface area (Å²) in [6.45, 7) is 6.39. The summed E-state index contributed by atoms with van der Waals surface area (Å²) in [4.78, 5) is 12.2. The van der Waals surface area contributed by atoms with Crippen LogP contribution in [0.25, 0.3) is 0 Å². The van der Waals surface area contributed by atoms with Crippen molar-refractivity contribution in [3.63, 3.8) is 0 Å². The van der Waals surface area contributed by atoms with Crippen molar-refractivity contribution in [3.8, 4) is 5.75 Å². The van der Waals surface area contributed by atoms with Crippen LogP contribution in [0.3, 0.4) is 0 Å². The summed E-state index contributed by atoms with van der Waals surface area (Å²) in [5.41, 5.74) is 1.49. The molecular weight excluding hydrogens is 285 g/mol. The van der Waals surface area contributed by atoms with E-state index in [-0.39, 0.29) is 23.3 Å². The second kappa shape index (κ2) is 6.17. The minimum atomic E-state index is -0.614. The molecule has 0 saturated heterocycles. The molecule has 0 spiro atoms. The number of carbonyl (C=O) groups excluding carboxylic acids is 1. The van der Waals surface area contributed by atoms with E-state index in [4.69, 9.17) is 4.74 Å². The quantitative estimate of drug-likeness (QED) is 0.912. The summed E-state index contributed by atoms with van der Waals surface area (Å²) >= 11 is 0. The molecule has 1 amide bonds. The Hall–Kier alpha value is -2.37. The standard InChI is InChI=1S/C16H20FN3O2/c1-16(2,3)13-8-10(19-20-13)9-18-15(21)14-11(17)6-5-7-12(14)22-4/h5-8H,9H2,1-4H3,(H,18,21)(H,19,20). The van der Waals surface area contributed by atoms with Gasteiger partial charge < -0.3 is 10.1 Å². The summed E-state index contributed by atoms with van der Waals surface area (Å²) < 4.78 is 18.8. The lowest BCUT2D eigenvalue weighted by Crippen LogP contribution is -2.24. The Morgan fingerprint density at radius 2 is 2.14 bits per heavy atom. The van der Waals surface area contributed by atoms with Crippen LogP contribution in [0.2, 0.25) is 0 Å². The third-order valence-electron chi connectivity index (χ3n) is 3.26. The summed E-state index contributed by atoms with van der Waals surface area (Å²) in [5.74, 6) is -0.934. The van der Waals surface area contributed by atoms with Crippen LogP contribution >= 0.6 is 0 Å². The average Bonchev–Trinajstić information content (AvgIpc) is 2.93. The number of ether oxygens (including phenoxy) is 1. The monoisotopic (exact) mass is 305 g/mol. The molecule has 2 aromatic rings. The maximum atomic E-state index is 13.8. The molecule has 0 bridgehead atoms. The number of aromatic nitrogens is 2. The highest BCUT2D eigenvalue weighted by atomic mass is 19.1. The van der Waals surface area contributed by atoms with Crippen molar-refractivity contribution in [2.75, 3.05) is 7.11 Å². The van der Waals surface area contributed by atoms with E-state index in [1.807, 2.05) is 6.07 Å². The number of hydrogen-bond donors (Lipinski definition) is 2. The first-order valence-corrected chi connectivity index (χ1v) is 6.98. The molecule has 1 aromatic carbocycles. The van der Waals surface area contributed by atoms with Crippen LogP contribution in [-0.2, 0) is 12.0 Å². The van der Waals surface area contributed by atoms with Crippen molar-refractivity contribution in [3.05, 3.63) is 47.0 Å². The lowest BCUT2D eigenvalue weighted by atomic mass is 9.92. The average molecular weight is 305 g/mol. The van der Waals surface area contributed by atoms with Gasteiger partial charge in [-0.15, -0.1) is 0 Å². The molecule has 1 heterocycles. The van der Waals surface area contributed by atoms with Gasteiger partial charge in [-0.2, -0.15) is 5.10 Å². The molecular formula is C16H20FN3O2. The highest BCUT2D eigenvalue weighted by Crippen LogP contribution is 2.22. The summed E-state index contributed by atoms with van der Waals surface area (Å²) in [6.07, 6.45) is 0. The topological polar surface area (TPSA) is 67.0 Å². The van der Waals surface area contributed by atoms with Crippen LogP contribution < -0.4 is 10.1 Å². The van der Waals surface area contributed by atoms with Crippen molar-refractivity contribution in [2.45, 2.75) is 32.7 Å². The summed E-state index contributed by atoms with van der Waals surface area (Å²) in [6, 6.07) is 6.16. The fourth-order valence-corrected chi connectivity index (χ4v) is 2.00. The zero-order valence-corrected chi connectivity index (χ0v) is 13.2. The van der Waals surface area contributed by atoms with Gasteiger partial charge >= 0.3 is 0 Å². The van der Waals surface area contributed by atoms with Crippen molar-refractivity contribution < 1.29 is 13.9 Å². The normalized spacial score (nSPS) is 11.3. The van der Waals surface area contributed by atoms with Gasteiger partial charge in [-0.3, -0.25) is 9.89 Å². The van der Waals surface area contributed by atoms with E-state index in [1.165, 1.54) is 19.2 Å². The van der Waals surface area contributed by atoms with Crippen LogP contribution in [0.15, 0.2) is 24.3 Å². The fraction of sp³-hybridized carbons (Fsp3) is 0.375. The highest BCUT2D eigenvalue weighted by molar-refractivity contribution is 5.97. The summed E-state index contributed by atoms with van der Waals surface area (Å²) in [5, 5.41) is 9.75. The van der Waals surface area contributed by atoms with E-state index in [0.717, 1.165) is 11.4 Å². The number of carbonyl (C=O) groups is 1. The van der Waals surface area contributed by atoms with Crippen LogP contribution in [0.4, 0.5) is 4.39 Å². The Kier molecular flexibility index (Phi) is 4.49. The van der Waals surface area contributed by atoms with Gasteiger partial charge in [-0.25, -0.2) is 4.39 Å². The minimum Gasteiger partial charge on any atom is -0.496 e. The predicted molar refractivity (Wildman–Crippen MR) is 81.4 cm³/mol. The third kappa shape index (κ3) is 3.44. The molecule has 5 nitrogen and oxygen atoms in total. The van der Waals surface area contributed by atoms with E-state index in [1.54, 1.807) is 6.07 Å². The van der Waals surface area contributed by atoms with Gasteiger partial charge in [-0.1, -0.05) is 26.8 Å². The van der Waals surface area contributed by atoms with Gasteiger partial charge in [0.2, 0.25) is 0 Å². The lowest BCUT2D eigenvalue weighted by Gasteiger charge is -2.13. The first kappa shape index (κ1) is 16.0. The minimum absolute atomic E-state index is 0.0759. The van der Waals surface area contributed by atoms with Gasteiger partial charge in [0.1, 0.15) is 17.1 Å². The SMILES string of the molecule is COc1cccc(F)c1C(=O)NCc1cc(C(C)(C)C)n[nH]1. The molecule has 0 fully saturated rings. The van der Waals surface area contributed by atoms with Crippen molar-refractivity contribution in [1.82, 2.24) is 15.5 Å². The molecule has 6 heteroatoms. The number of aromatic amines is 1. The highest BCUT2D eigenvalue weighted by Gasteiger charge is 2.19. The van der Waals surface area contributed by atoms with Gasteiger partial charge in [-0.05, 0) is 18.2 Å². The molecule has 118 valence electrons. The first-order chi connectivity index (χ1) is 10.3. The van der Waals surface area contributed by atoms with Crippen LogP contribution in [0.1, 0.15) is 42.5 Å². The number of benzene rings is 1. The van der Waals surface area contributed by atoms with Crippen LogP contribution in [-0.4, -0.2) is 23.2 Å². The zero-order chi connectivity index (χ0) is 16.3. The van der Waals surface area contributed by atoms with Crippen LogP contribution in [0, 0.1) is 5.82 Å². The molecule has 0 atom stereocenters. The molecule has 0 aliphatic carbocycles. The Morgan fingerprint density at radius 3 is 2.73 bits per heavy atom. The van der Waals surface area contributed by atoms with Crippen molar-refractivity contribution in [2.24, 2.45) is 0 Å². The van der Waals surface area contributed by atoms with Gasteiger partial charge in [0.05, 0.1) is 25.0 Å². The Bertz CT molecular complexity index is 674. The van der Waals surface area contributed by atoms with E-state index >= 15 is 0 Å². The number of hydrogen-bond acceptors (Lipinski definition) is 3. The molecule has 0 unspecified atom stereocenters. The molecule has 0 saturated carbocycles. The third-order valence-corrected chi connectivity index (χ3v) is 3.26. The number of nitrogens with one attached hydrogen (secondary N) is 2. The fourth-order valence-electron chi connectivity index (χ4n) is 2.00. The van der Waals surface area contributed by atoms with Gasteiger partial charge in [0.15, 0.2) is 0 Å². The van der Waals surface area contributed by atoms with Gasteiger partial charge in [0, 0.05) is 5.41 Å². The number of H-pyrrole nitrogens is 1. The molecule has 0 radical (unpaired) electrons. The largest absolute Gasteiger partial charge is 0.496 e. The maximum absolute atomic E-state index is 13.8. The zero-order valence-electron chi connectivity index (χ0n) is 13.2. The number of nitrogens with zero attached hydrogens (tertiary/aromatic N) is 1. The second-order valence-corrected chi connectivity index (χ2v) is 6.03. The Morgan fingerprint density at radius 1 is 1.41 bits per heavy atom. The van der Waals surface area contributed by atoms with Crippen LogP contribution in [0.5, 0.6) is 5.75 Å². The van der Waals surface area contributed by atoms with Gasteiger partial charge in [0.25, 0.3) is 5.91 Å². The molecule has 0 aliphatic heterocycles. The smallest absolute Gasteiger partial charge is 0.258 e.